The van der Waals surface area contributed by atoms with Crippen LogP contribution in [0.15, 0.2) is 47.4 Å². The summed E-state index contributed by atoms with van der Waals surface area (Å²) in [6.07, 6.45) is 0. The number of fused-ring (bicyclic) bond motifs is 1. The Hall–Kier alpha value is -1.12. The molecule has 1 nitrogen and oxygen atoms in total. The number of thioether (sulfide) groups is 1. The zero-order chi connectivity index (χ0) is 12.5. The van der Waals surface area contributed by atoms with Crippen LogP contribution in [0.3, 0.4) is 0 Å². The van der Waals surface area contributed by atoms with Crippen LogP contribution in [0.1, 0.15) is 17.2 Å². The minimum Gasteiger partial charge on any atom is -0.376 e. The SMILES string of the molecule is Cc1ccc(Cl)c(NC2CSc3ccccc32)c1. The maximum absolute atomic E-state index is 6.23. The van der Waals surface area contributed by atoms with E-state index < -0.39 is 0 Å². The molecular weight excluding hydrogens is 262 g/mol. The second kappa shape index (κ2) is 4.87. The van der Waals surface area contributed by atoms with Gasteiger partial charge in [-0.2, -0.15) is 0 Å². The average Bonchev–Trinajstić information content (AvgIpc) is 2.78. The molecule has 1 aliphatic heterocycles. The highest BCUT2D eigenvalue weighted by atomic mass is 35.5. The van der Waals surface area contributed by atoms with Gasteiger partial charge in [-0.05, 0) is 36.2 Å². The molecule has 0 fully saturated rings. The molecule has 3 rings (SSSR count). The van der Waals surface area contributed by atoms with Crippen LogP contribution in [-0.4, -0.2) is 5.75 Å². The van der Waals surface area contributed by atoms with Gasteiger partial charge in [-0.3, -0.25) is 0 Å². The fraction of sp³-hybridized carbons (Fsp3) is 0.200. The molecule has 1 atom stereocenters. The molecule has 0 amide bonds. The van der Waals surface area contributed by atoms with Crippen LogP contribution >= 0.6 is 23.4 Å². The molecule has 0 aliphatic carbocycles. The highest BCUT2D eigenvalue weighted by Gasteiger charge is 2.22. The maximum atomic E-state index is 6.23. The Labute approximate surface area is 117 Å². The molecule has 1 unspecified atom stereocenters. The minimum absolute atomic E-state index is 0.352. The zero-order valence-electron chi connectivity index (χ0n) is 10.1. The third-order valence-corrected chi connectivity index (χ3v) is 4.66. The topological polar surface area (TPSA) is 12.0 Å². The van der Waals surface area contributed by atoms with E-state index in [0.29, 0.717) is 6.04 Å². The summed E-state index contributed by atoms with van der Waals surface area (Å²) in [5, 5.41) is 4.34. The van der Waals surface area contributed by atoms with Gasteiger partial charge >= 0.3 is 0 Å². The summed E-state index contributed by atoms with van der Waals surface area (Å²) < 4.78 is 0. The third kappa shape index (κ3) is 2.23. The van der Waals surface area contributed by atoms with Crippen molar-refractivity contribution in [1.82, 2.24) is 0 Å². The number of anilines is 1. The van der Waals surface area contributed by atoms with E-state index in [2.05, 4.69) is 42.6 Å². The first kappa shape index (κ1) is 11.9. The van der Waals surface area contributed by atoms with Crippen LogP contribution in [0.2, 0.25) is 5.02 Å². The van der Waals surface area contributed by atoms with Crippen LogP contribution in [0.4, 0.5) is 5.69 Å². The summed E-state index contributed by atoms with van der Waals surface area (Å²) >= 11 is 8.13. The maximum Gasteiger partial charge on any atom is 0.0637 e. The molecule has 92 valence electrons. The van der Waals surface area contributed by atoms with Crippen molar-refractivity contribution in [3.63, 3.8) is 0 Å². The van der Waals surface area contributed by atoms with Crippen LogP contribution in [-0.2, 0) is 0 Å². The van der Waals surface area contributed by atoms with Crippen molar-refractivity contribution in [3.05, 3.63) is 58.6 Å². The first-order valence-corrected chi connectivity index (χ1v) is 7.35. The number of halogens is 1. The second-order valence-electron chi connectivity index (χ2n) is 4.53. The summed E-state index contributed by atoms with van der Waals surface area (Å²) in [4.78, 5) is 1.37. The van der Waals surface area contributed by atoms with Crippen molar-refractivity contribution in [3.8, 4) is 0 Å². The normalized spacial score (nSPS) is 17.6. The molecule has 2 aromatic rings. The zero-order valence-corrected chi connectivity index (χ0v) is 11.7. The van der Waals surface area contributed by atoms with E-state index in [9.17, 15) is 0 Å². The van der Waals surface area contributed by atoms with E-state index in [0.717, 1.165) is 16.5 Å². The number of hydrogen-bond donors (Lipinski definition) is 1. The molecule has 1 N–H and O–H groups in total. The summed E-state index contributed by atoms with van der Waals surface area (Å²) in [6.45, 7) is 2.08. The second-order valence-corrected chi connectivity index (χ2v) is 6.00. The van der Waals surface area contributed by atoms with Gasteiger partial charge in [0.2, 0.25) is 0 Å². The van der Waals surface area contributed by atoms with Gasteiger partial charge in [-0.25, -0.2) is 0 Å². The predicted octanol–water partition coefficient (Wildman–Crippen LogP) is 4.91. The van der Waals surface area contributed by atoms with Crippen molar-refractivity contribution < 1.29 is 0 Å². The summed E-state index contributed by atoms with van der Waals surface area (Å²) in [5.74, 6) is 1.06. The molecule has 0 spiro atoms. The summed E-state index contributed by atoms with van der Waals surface area (Å²) in [6, 6.07) is 15.0. The standard InChI is InChI=1S/C15H14ClNS/c1-10-6-7-12(16)13(8-10)17-14-9-18-15-5-3-2-4-11(14)15/h2-8,14,17H,9H2,1H3. The predicted molar refractivity (Wildman–Crippen MR) is 79.7 cm³/mol. The quantitative estimate of drug-likeness (QED) is 0.836. The molecule has 18 heavy (non-hydrogen) atoms. The molecule has 0 aromatic heterocycles. The van der Waals surface area contributed by atoms with Crippen molar-refractivity contribution in [2.45, 2.75) is 17.9 Å². The lowest BCUT2D eigenvalue weighted by molar-refractivity contribution is 0.900. The molecule has 2 aromatic carbocycles. The Morgan fingerprint density at radius 2 is 2.06 bits per heavy atom. The van der Waals surface area contributed by atoms with Gasteiger partial charge in [-0.15, -0.1) is 11.8 Å². The monoisotopic (exact) mass is 275 g/mol. The van der Waals surface area contributed by atoms with Crippen LogP contribution < -0.4 is 5.32 Å². The van der Waals surface area contributed by atoms with E-state index >= 15 is 0 Å². The average molecular weight is 276 g/mol. The fourth-order valence-electron chi connectivity index (χ4n) is 2.22. The number of hydrogen-bond acceptors (Lipinski definition) is 2. The van der Waals surface area contributed by atoms with Crippen molar-refractivity contribution in [1.29, 1.82) is 0 Å². The van der Waals surface area contributed by atoms with Crippen molar-refractivity contribution >= 4 is 29.1 Å². The van der Waals surface area contributed by atoms with Gasteiger partial charge < -0.3 is 5.32 Å². The van der Waals surface area contributed by atoms with Gasteiger partial charge in [-0.1, -0.05) is 35.9 Å². The molecule has 3 heteroatoms. The highest BCUT2D eigenvalue weighted by molar-refractivity contribution is 7.99. The Morgan fingerprint density at radius 1 is 1.22 bits per heavy atom. The van der Waals surface area contributed by atoms with Crippen LogP contribution in [0, 0.1) is 6.92 Å². The molecule has 1 aliphatic rings. The number of aryl methyl sites for hydroxylation is 1. The first-order valence-electron chi connectivity index (χ1n) is 5.98. The largest absolute Gasteiger partial charge is 0.376 e. The summed E-state index contributed by atoms with van der Waals surface area (Å²) in [5.41, 5.74) is 3.62. The number of benzene rings is 2. The van der Waals surface area contributed by atoms with Gasteiger partial charge in [0.1, 0.15) is 0 Å². The Kier molecular flexibility index (Phi) is 3.23. The smallest absolute Gasteiger partial charge is 0.0637 e. The fourth-order valence-corrected chi connectivity index (χ4v) is 3.55. The molecule has 0 saturated heterocycles. The minimum atomic E-state index is 0.352. The lowest BCUT2D eigenvalue weighted by Gasteiger charge is -2.16. The van der Waals surface area contributed by atoms with Gasteiger partial charge in [0.15, 0.2) is 0 Å². The molecule has 0 bridgehead atoms. The van der Waals surface area contributed by atoms with Gasteiger partial charge in [0, 0.05) is 10.6 Å². The van der Waals surface area contributed by atoms with E-state index in [1.165, 1.54) is 16.0 Å². The van der Waals surface area contributed by atoms with E-state index in [1.54, 1.807) is 0 Å². The lowest BCUT2D eigenvalue weighted by atomic mass is 10.1. The molecular formula is C15H14ClNS. The van der Waals surface area contributed by atoms with Gasteiger partial charge in [0.25, 0.3) is 0 Å². The first-order chi connectivity index (χ1) is 8.74. The summed E-state index contributed by atoms with van der Waals surface area (Å²) in [7, 11) is 0. The Bertz CT molecular complexity index is 582. The van der Waals surface area contributed by atoms with Crippen LogP contribution in [0.25, 0.3) is 0 Å². The molecule has 0 saturated carbocycles. The number of nitrogens with one attached hydrogen (secondary N) is 1. The third-order valence-electron chi connectivity index (χ3n) is 3.15. The van der Waals surface area contributed by atoms with E-state index in [1.807, 2.05) is 23.9 Å². The lowest BCUT2D eigenvalue weighted by Crippen LogP contribution is -2.10. The van der Waals surface area contributed by atoms with Crippen LogP contribution in [0.5, 0.6) is 0 Å². The highest BCUT2D eigenvalue weighted by Crippen LogP contribution is 2.40. The van der Waals surface area contributed by atoms with Crippen molar-refractivity contribution in [2.24, 2.45) is 0 Å². The molecule has 0 radical (unpaired) electrons. The van der Waals surface area contributed by atoms with Crippen molar-refractivity contribution in [2.75, 3.05) is 11.1 Å². The Balaban J connectivity index is 1.88. The van der Waals surface area contributed by atoms with E-state index in [4.69, 9.17) is 11.6 Å². The molecule has 1 heterocycles. The van der Waals surface area contributed by atoms with E-state index in [-0.39, 0.29) is 0 Å². The van der Waals surface area contributed by atoms with Gasteiger partial charge in [0.05, 0.1) is 16.8 Å². The number of rotatable bonds is 2. The Morgan fingerprint density at radius 3 is 2.94 bits per heavy atom.